The number of H-pyrrole nitrogens is 1. The fourth-order valence-corrected chi connectivity index (χ4v) is 2.05. The average molecular weight is 259 g/mol. The van der Waals surface area contributed by atoms with Gasteiger partial charge in [-0.1, -0.05) is 12.1 Å². The van der Waals surface area contributed by atoms with E-state index in [0.29, 0.717) is 6.54 Å². The maximum Gasteiger partial charge on any atom is 0.138 e. The molecule has 0 fully saturated rings. The van der Waals surface area contributed by atoms with E-state index in [-0.39, 0.29) is 0 Å². The topological polar surface area (TPSA) is 56.8 Å². The van der Waals surface area contributed by atoms with Gasteiger partial charge in [-0.15, -0.1) is 0 Å². The number of nitrogens with one attached hydrogen (secondary N) is 2. The number of rotatable bonds is 7. The molecule has 0 bridgehead atoms. The van der Waals surface area contributed by atoms with E-state index in [1.807, 2.05) is 0 Å². The maximum atomic E-state index is 4.07. The van der Waals surface area contributed by atoms with E-state index < -0.39 is 0 Å². The van der Waals surface area contributed by atoms with E-state index in [1.54, 1.807) is 0 Å². The molecule has 0 saturated heterocycles. The molecular formula is C14H21N5. The van der Waals surface area contributed by atoms with E-state index in [4.69, 9.17) is 0 Å². The molecule has 0 radical (unpaired) electrons. The summed E-state index contributed by atoms with van der Waals surface area (Å²) in [6.45, 7) is 7.98. The van der Waals surface area contributed by atoms with Gasteiger partial charge in [-0.25, -0.2) is 4.98 Å². The van der Waals surface area contributed by atoms with Crippen molar-refractivity contribution < 1.29 is 0 Å². The minimum Gasteiger partial charge on any atom is -0.372 e. The van der Waals surface area contributed by atoms with Crippen LogP contribution in [0.25, 0.3) is 0 Å². The van der Waals surface area contributed by atoms with Crippen molar-refractivity contribution in [1.82, 2.24) is 20.5 Å². The molecule has 2 aromatic rings. The predicted octanol–water partition coefficient (Wildman–Crippen LogP) is 1.94. The summed E-state index contributed by atoms with van der Waals surface area (Å²) in [4.78, 5) is 6.41. The predicted molar refractivity (Wildman–Crippen MR) is 76.9 cm³/mol. The standard InChI is InChI=1S/C14H21N5/c1-3-19(4-2)13-7-5-12(6-8-13)9-15-10-14-16-11-17-18-14/h5-8,11,15H,3-4,9-10H2,1-2H3,(H,16,17,18). The lowest BCUT2D eigenvalue weighted by molar-refractivity contribution is 0.665. The average Bonchev–Trinajstić information content (AvgIpc) is 2.95. The van der Waals surface area contributed by atoms with Crippen molar-refractivity contribution in [3.8, 4) is 0 Å². The van der Waals surface area contributed by atoms with Crippen LogP contribution in [0.1, 0.15) is 25.2 Å². The van der Waals surface area contributed by atoms with Crippen molar-refractivity contribution in [2.75, 3.05) is 18.0 Å². The van der Waals surface area contributed by atoms with Gasteiger partial charge >= 0.3 is 0 Å². The largest absolute Gasteiger partial charge is 0.372 e. The van der Waals surface area contributed by atoms with Crippen LogP contribution in [0.15, 0.2) is 30.6 Å². The second kappa shape index (κ2) is 6.89. The van der Waals surface area contributed by atoms with E-state index in [1.165, 1.54) is 17.6 Å². The third kappa shape index (κ3) is 3.79. The lowest BCUT2D eigenvalue weighted by atomic mass is 10.2. The zero-order chi connectivity index (χ0) is 13.5. The number of anilines is 1. The van der Waals surface area contributed by atoms with Crippen LogP contribution < -0.4 is 10.2 Å². The second-order valence-electron chi connectivity index (χ2n) is 4.37. The van der Waals surface area contributed by atoms with Gasteiger partial charge in [-0.3, -0.25) is 5.10 Å². The Morgan fingerprint density at radius 1 is 1.11 bits per heavy atom. The van der Waals surface area contributed by atoms with Crippen molar-refractivity contribution >= 4 is 5.69 Å². The first kappa shape index (κ1) is 13.5. The molecule has 1 aromatic heterocycles. The molecule has 5 nitrogen and oxygen atoms in total. The lowest BCUT2D eigenvalue weighted by Crippen LogP contribution is -2.21. The van der Waals surface area contributed by atoms with Crippen LogP contribution in [0, 0.1) is 0 Å². The molecule has 5 heteroatoms. The fourth-order valence-electron chi connectivity index (χ4n) is 2.05. The highest BCUT2D eigenvalue weighted by atomic mass is 15.2. The second-order valence-corrected chi connectivity index (χ2v) is 4.37. The fraction of sp³-hybridized carbons (Fsp3) is 0.429. The number of hydrogen-bond donors (Lipinski definition) is 2. The van der Waals surface area contributed by atoms with Gasteiger partial charge in [-0.2, -0.15) is 5.10 Å². The van der Waals surface area contributed by atoms with Gasteiger partial charge in [0.05, 0.1) is 6.54 Å². The first-order valence-electron chi connectivity index (χ1n) is 6.72. The summed E-state index contributed by atoms with van der Waals surface area (Å²) in [6, 6.07) is 8.69. The maximum absolute atomic E-state index is 4.07. The van der Waals surface area contributed by atoms with Crippen LogP contribution in [0.4, 0.5) is 5.69 Å². The molecule has 19 heavy (non-hydrogen) atoms. The summed E-state index contributed by atoms with van der Waals surface area (Å²) < 4.78 is 0. The van der Waals surface area contributed by atoms with Gasteiger partial charge in [0, 0.05) is 25.3 Å². The Hall–Kier alpha value is -1.88. The molecule has 2 N–H and O–H groups in total. The quantitative estimate of drug-likeness (QED) is 0.798. The van der Waals surface area contributed by atoms with E-state index >= 15 is 0 Å². The van der Waals surface area contributed by atoms with Crippen molar-refractivity contribution in [2.24, 2.45) is 0 Å². The molecule has 0 saturated carbocycles. The van der Waals surface area contributed by atoms with Crippen molar-refractivity contribution in [3.63, 3.8) is 0 Å². The third-order valence-corrected chi connectivity index (χ3v) is 3.15. The summed E-state index contributed by atoms with van der Waals surface area (Å²) in [6.07, 6.45) is 1.52. The van der Waals surface area contributed by atoms with Crippen LogP contribution in [-0.4, -0.2) is 28.3 Å². The highest BCUT2D eigenvalue weighted by Gasteiger charge is 2.01. The minimum atomic E-state index is 0.706. The van der Waals surface area contributed by atoms with Gasteiger partial charge in [0.25, 0.3) is 0 Å². The van der Waals surface area contributed by atoms with Gasteiger partial charge in [0.15, 0.2) is 0 Å². The number of benzene rings is 1. The van der Waals surface area contributed by atoms with Crippen LogP contribution in [0.2, 0.25) is 0 Å². The molecule has 0 aliphatic rings. The highest BCUT2D eigenvalue weighted by Crippen LogP contribution is 2.14. The normalized spacial score (nSPS) is 10.6. The van der Waals surface area contributed by atoms with Crippen molar-refractivity contribution in [1.29, 1.82) is 0 Å². The summed E-state index contributed by atoms with van der Waals surface area (Å²) in [5, 5.41) is 9.98. The minimum absolute atomic E-state index is 0.706. The third-order valence-electron chi connectivity index (χ3n) is 3.15. The molecule has 0 unspecified atom stereocenters. The SMILES string of the molecule is CCN(CC)c1ccc(CNCc2ncn[nH]2)cc1. The Labute approximate surface area is 114 Å². The zero-order valence-electron chi connectivity index (χ0n) is 11.6. The van der Waals surface area contributed by atoms with Gasteiger partial charge in [0.2, 0.25) is 0 Å². The smallest absolute Gasteiger partial charge is 0.138 e. The summed E-state index contributed by atoms with van der Waals surface area (Å²) in [7, 11) is 0. The summed E-state index contributed by atoms with van der Waals surface area (Å²) in [5.41, 5.74) is 2.56. The zero-order valence-corrected chi connectivity index (χ0v) is 11.6. The molecule has 1 heterocycles. The molecule has 1 aromatic carbocycles. The Bertz CT molecular complexity index is 459. The van der Waals surface area contributed by atoms with E-state index in [0.717, 1.165) is 25.5 Å². The van der Waals surface area contributed by atoms with Gasteiger partial charge in [-0.05, 0) is 31.5 Å². The summed E-state index contributed by atoms with van der Waals surface area (Å²) in [5.74, 6) is 0.861. The number of aromatic nitrogens is 3. The van der Waals surface area contributed by atoms with Crippen molar-refractivity contribution in [2.45, 2.75) is 26.9 Å². The van der Waals surface area contributed by atoms with Crippen LogP contribution in [-0.2, 0) is 13.1 Å². The monoisotopic (exact) mass is 259 g/mol. The Morgan fingerprint density at radius 3 is 2.42 bits per heavy atom. The molecular weight excluding hydrogens is 238 g/mol. The Morgan fingerprint density at radius 2 is 1.84 bits per heavy atom. The first-order valence-corrected chi connectivity index (χ1v) is 6.72. The Balaban J connectivity index is 1.84. The van der Waals surface area contributed by atoms with E-state index in [2.05, 4.69) is 63.5 Å². The van der Waals surface area contributed by atoms with Crippen LogP contribution in [0.3, 0.4) is 0 Å². The Kier molecular flexibility index (Phi) is 4.92. The molecule has 0 aliphatic carbocycles. The first-order chi connectivity index (χ1) is 9.33. The van der Waals surface area contributed by atoms with E-state index in [9.17, 15) is 0 Å². The number of hydrogen-bond acceptors (Lipinski definition) is 4. The molecule has 2 rings (SSSR count). The lowest BCUT2D eigenvalue weighted by Gasteiger charge is -2.21. The number of aromatic amines is 1. The van der Waals surface area contributed by atoms with Gasteiger partial charge < -0.3 is 10.2 Å². The molecule has 102 valence electrons. The molecule has 0 atom stereocenters. The highest BCUT2D eigenvalue weighted by molar-refractivity contribution is 5.47. The number of nitrogens with zero attached hydrogens (tertiary/aromatic N) is 3. The van der Waals surface area contributed by atoms with Crippen molar-refractivity contribution in [3.05, 3.63) is 42.0 Å². The molecule has 0 amide bonds. The summed E-state index contributed by atoms with van der Waals surface area (Å²) >= 11 is 0. The van der Waals surface area contributed by atoms with Crippen LogP contribution >= 0.6 is 0 Å². The van der Waals surface area contributed by atoms with Gasteiger partial charge in [0.1, 0.15) is 12.2 Å². The molecule has 0 spiro atoms. The molecule has 0 aliphatic heterocycles. The van der Waals surface area contributed by atoms with Crippen LogP contribution in [0.5, 0.6) is 0 Å².